The molecule has 0 fully saturated rings. The van der Waals surface area contributed by atoms with Crippen molar-refractivity contribution in [1.82, 2.24) is 20.0 Å². The van der Waals surface area contributed by atoms with E-state index in [-0.39, 0.29) is 12.1 Å². The monoisotopic (exact) mass is 464 g/mol. The zero-order valence-electron chi connectivity index (χ0n) is 20.4. The quantitative estimate of drug-likeness (QED) is 0.593. The maximum Gasteiger partial charge on any atom is 0.101 e. The lowest BCUT2D eigenvalue weighted by atomic mass is 9.83. The van der Waals surface area contributed by atoms with Gasteiger partial charge in [-0.15, -0.1) is 0 Å². The van der Waals surface area contributed by atoms with E-state index in [1.807, 2.05) is 37.3 Å². The highest BCUT2D eigenvalue weighted by Gasteiger charge is 2.47. The van der Waals surface area contributed by atoms with E-state index in [1.165, 1.54) is 22.8 Å². The van der Waals surface area contributed by atoms with Gasteiger partial charge in [-0.25, -0.2) is 0 Å². The molecule has 8 nitrogen and oxygen atoms in total. The Morgan fingerprint density at radius 3 is 2.23 bits per heavy atom. The molecule has 0 aromatic heterocycles. The standard InChI is InChI=1S/C27H28N8/c1-15-17(12-28)18(13-29)19(16-8-6-5-7-9-16)21-20(15)31-22-23-25(35(4)14-30-23)27-26(24(22)32-21)33(2)10-11-34(27)3/h5-9,22,24,30-32H,10-11,14H2,1-4H3. The van der Waals surface area contributed by atoms with E-state index in [9.17, 15) is 10.5 Å². The second kappa shape index (κ2) is 7.61. The third kappa shape index (κ3) is 2.83. The van der Waals surface area contributed by atoms with Gasteiger partial charge < -0.3 is 30.7 Å². The average molecular weight is 465 g/mol. The van der Waals surface area contributed by atoms with Gasteiger partial charge in [-0.2, -0.15) is 10.5 Å². The highest BCUT2D eigenvalue weighted by molar-refractivity contribution is 5.96. The summed E-state index contributed by atoms with van der Waals surface area (Å²) in [6, 6.07) is 14.5. The van der Waals surface area contributed by atoms with E-state index in [0.717, 1.165) is 47.8 Å². The van der Waals surface area contributed by atoms with Crippen molar-refractivity contribution in [2.24, 2.45) is 0 Å². The largest absolute Gasteiger partial charge is 0.373 e. The molecule has 8 heteroatoms. The summed E-state index contributed by atoms with van der Waals surface area (Å²) in [4.78, 5) is 6.98. The highest BCUT2D eigenvalue weighted by atomic mass is 15.4. The Kier molecular flexibility index (Phi) is 4.62. The van der Waals surface area contributed by atoms with Crippen molar-refractivity contribution in [1.29, 1.82) is 10.5 Å². The molecule has 0 saturated carbocycles. The first-order valence-electron chi connectivity index (χ1n) is 11.9. The maximum absolute atomic E-state index is 10.2. The maximum atomic E-state index is 10.2. The van der Waals surface area contributed by atoms with Crippen LogP contribution in [0, 0.1) is 29.6 Å². The Morgan fingerprint density at radius 2 is 1.51 bits per heavy atom. The molecule has 0 bridgehead atoms. The number of benzene rings is 2. The third-order valence-electron chi connectivity index (χ3n) is 7.75. The van der Waals surface area contributed by atoms with E-state index in [2.05, 4.69) is 63.9 Å². The van der Waals surface area contributed by atoms with E-state index in [4.69, 9.17) is 0 Å². The summed E-state index contributed by atoms with van der Waals surface area (Å²) in [6.07, 6.45) is 0. The number of rotatable bonds is 1. The molecule has 3 N–H and O–H groups in total. The molecule has 0 radical (unpaired) electrons. The van der Waals surface area contributed by atoms with Gasteiger partial charge in [0.2, 0.25) is 0 Å². The molecular weight excluding hydrogens is 436 g/mol. The normalized spacial score (nSPS) is 22.2. The average Bonchev–Trinajstić information content (AvgIpc) is 3.26. The third-order valence-corrected chi connectivity index (χ3v) is 7.75. The first-order chi connectivity index (χ1) is 17.0. The zero-order valence-corrected chi connectivity index (χ0v) is 20.4. The van der Waals surface area contributed by atoms with Crippen LogP contribution in [0.15, 0.2) is 53.1 Å². The Labute approximate surface area is 205 Å². The SMILES string of the molecule is Cc1c(C#N)c(C#N)c(-c2ccccc2)c2c1NC1C3=C(C4=C(C1N2)N(C)CCN4C)N(C)CN3. The van der Waals surface area contributed by atoms with Crippen molar-refractivity contribution in [2.75, 3.05) is 51.5 Å². The van der Waals surface area contributed by atoms with E-state index in [1.54, 1.807) is 0 Å². The fraction of sp³-hybridized carbons (Fsp3) is 0.333. The van der Waals surface area contributed by atoms with Gasteiger partial charge in [0, 0.05) is 39.8 Å². The molecule has 4 aliphatic rings. The van der Waals surface area contributed by atoms with Crippen LogP contribution < -0.4 is 16.0 Å². The Bertz CT molecular complexity index is 1390. The van der Waals surface area contributed by atoms with Gasteiger partial charge in [-0.05, 0) is 18.1 Å². The lowest BCUT2D eigenvalue weighted by Gasteiger charge is -2.49. The summed E-state index contributed by atoms with van der Waals surface area (Å²) >= 11 is 0. The molecule has 1 aliphatic carbocycles. The van der Waals surface area contributed by atoms with E-state index in [0.29, 0.717) is 11.1 Å². The Balaban J connectivity index is 1.63. The molecule has 3 heterocycles. The Morgan fingerprint density at radius 1 is 0.829 bits per heavy atom. The van der Waals surface area contributed by atoms with Gasteiger partial charge >= 0.3 is 0 Å². The van der Waals surface area contributed by atoms with Crippen LogP contribution in [-0.2, 0) is 0 Å². The second-order valence-corrected chi connectivity index (χ2v) is 9.71. The minimum absolute atomic E-state index is 0.0306. The van der Waals surface area contributed by atoms with Crippen LogP contribution in [0.2, 0.25) is 0 Å². The van der Waals surface area contributed by atoms with Gasteiger partial charge in [-0.3, -0.25) is 0 Å². The number of likely N-dealkylation sites (N-methyl/N-ethyl adjacent to an activating group) is 3. The number of hydrogen-bond donors (Lipinski definition) is 3. The van der Waals surface area contributed by atoms with Crippen LogP contribution in [0.1, 0.15) is 16.7 Å². The van der Waals surface area contributed by atoms with Crippen LogP contribution in [0.4, 0.5) is 11.4 Å². The highest BCUT2D eigenvalue weighted by Crippen LogP contribution is 2.49. The lowest BCUT2D eigenvalue weighted by molar-refractivity contribution is 0.250. The van der Waals surface area contributed by atoms with Crippen molar-refractivity contribution in [3.8, 4) is 23.3 Å². The number of hydrogen-bond acceptors (Lipinski definition) is 8. The van der Waals surface area contributed by atoms with Gasteiger partial charge in [0.15, 0.2) is 0 Å². The molecule has 2 unspecified atom stereocenters. The number of nitrogens with one attached hydrogen (secondary N) is 3. The summed E-state index contributed by atoms with van der Waals surface area (Å²) < 4.78 is 0. The molecule has 2 aromatic carbocycles. The zero-order chi connectivity index (χ0) is 24.4. The topological polar surface area (TPSA) is 93.4 Å². The molecule has 3 aliphatic heterocycles. The summed E-state index contributed by atoms with van der Waals surface area (Å²) in [7, 11) is 6.45. The van der Waals surface area contributed by atoms with Crippen LogP contribution in [-0.4, -0.2) is 67.7 Å². The van der Waals surface area contributed by atoms with Crippen molar-refractivity contribution >= 4 is 11.4 Å². The number of nitriles is 2. The minimum Gasteiger partial charge on any atom is -0.373 e. The summed E-state index contributed by atoms with van der Waals surface area (Å²) in [5.74, 6) is 0. The smallest absolute Gasteiger partial charge is 0.101 e. The van der Waals surface area contributed by atoms with Crippen LogP contribution in [0.3, 0.4) is 0 Å². The van der Waals surface area contributed by atoms with E-state index >= 15 is 0 Å². The molecule has 2 atom stereocenters. The summed E-state index contributed by atoms with van der Waals surface area (Å²) in [6.45, 7) is 4.58. The predicted molar refractivity (Wildman–Crippen MR) is 136 cm³/mol. The number of fused-ring (bicyclic) bond motifs is 5. The van der Waals surface area contributed by atoms with Crippen LogP contribution >= 0.6 is 0 Å². The van der Waals surface area contributed by atoms with Crippen molar-refractivity contribution < 1.29 is 0 Å². The lowest BCUT2D eigenvalue weighted by Crippen LogP contribution is -2.56. The first kappa shape index (κ1) is 21.2. The van der Waals surface area contributed by atoms with Gasteiger partial charge in [-0.1, -0.05) is 30.3 Å². The van der Waals surface area contributed by atoms with Gasteiger partial charge in [0.1, 0.15) is 12.1 Å². The van der Waals surface area contributed by atoms with E-state index < -0.39 is 0 Å². The second-order valence-electron chi connectivity index (χ2n) is 9.71. The molecule has 176 valence electrons. The molecule has 6 rings (SSSR count). The van der Waals surface area contributed by atoms with Gasteiger partial charge in [0.25, 0.3) is 0 Å². The fourth-order valence-corrected chi connectivity index (χ4v) is 6.02. The van der Waals surface area contributed by atoms with Crippen LogP contribution in [0.5, 0.6) is 0 Å². The molecule has 0 saturated heterocycles. The molecule has 2 aromatic rings. The van der Waals surface area contributed by atoms with Crippen LogP contribution in [0.25, 0.3) is 11.1 Å². The first-order valence-corrected chi connectivity index (χ1v) is 11.9. The number of nitrogens with zero attached hydrogens (tertiary/aromatic N) is 5. The number of anilines is 2. The fourth-order valence-electron chi connectivity index (χ4n) is 6.02. The minimum atomic E-state index is -0.0376. The predicted octanol–water partition coefficient (Wildman–Crippen LogP) is 2.79. The van der Waals surface area contributed by atoms with Crippen molar-refractivity contribution in [3.05, 3.63) is 69.8 Å². The van der Waals surface area contributed by atoms with Gasteiger partial charge in [0.05, 0.1) is 64.0 Å². The summed E-state index contributed by atoms with van der Waals surface area (Å²) in [5, 5.41) is 31.5. The molecular formula is C27H28N8. The molecule has 35 heavy (non-hydrogen) atoms. The van der Waals surface area contributed by atoms with Crippen molar-refractivity contribution in [2.45, 2.75) is 19.0 Å². The summed E-state index contributed by atoms with van der Waals surface area (Å²) in [5.41, 5.74) is 9.99. The molecule has 0 spiro atoms. The Hall–Kier alpha value is -4.30. The molecule has 0 amide bonds. The van der Waals surface area contributed by atoms with Crippen molar-refractivity contribution in [3.63, 3.8) is 0 Å².